The molecule has 0 radical (unpaired) electrons. The van der Waals surface area contributed by atoms with Crippen LogP contribution < -0.4 is 5.32 Å². The molecule has 1 unspecified atom stereocenters. The van der Waals surface area contributed by atoms with Crippen LogP contribution in [0.3, 0.4) is 0 Å². The van der Waals surface area contributed by atoms with Gasteiger partial charge in [0.1, 0.15) is 6.04 Å². The highest BCUT2D eigenvalue weighted by Crippen LogP contribution is 2.30. The number of aromatic nitrogens is 1. The maximum Gasteiger partial charge on any atom is 0.283 e. The van der Waals surface area contributed by atoms with E-state index in [2.05, 4.69) is 28.3 Å². The second kappa shape index (κ2) is 10.7. The van der Waals surface area contributed by atoms with Gasteiger partial charge < -0.3 is 15.1 Å². The monoisotopic (exact) mass is 573 g/mol. The summed E-state index contributed by atoms with van der Waals surface area (Å²) in [5.74, 6) is -0.802. The van der Waals surface area contributed by atoms with Gasteiger partial charge in [0.2, 0.25) is 15.9 Å². The first-order valence-electron chi connectivity index (χ1n) is 12.2. The van der Waals surface area contributed by atoms with Crippen LogP contribution in [0.5, 0.6) is 0 Å². The molecule has 2 amide bonds. The van der Waals surface area contributed by atoms with E-state index in [9.17, 15) is 18.0 Å². The largest absolute Gasteiger partial charge is 0.357 e. The number of nitrogens with zero attached hydrogens (tertiary/aromatic N) is 4. The number of carbonyl (C=O) groups excluding carboxylic acids is 2. The number of fused-ring (bicyclic) bond motifs is 1. The molecule has 12 heteroatoms. The van der Waals surface area contributed by atoms with Crippen molar-refractivity contribution in [3.8, 4) is 0 Å². The van der Waals surface area contributed by atoms with E-state index >= 15 is 0 Å². The molecule has 1 aromatic heterocycles. The Morgan fingerprint density at radius 3 is 2.61 bits per heavy atom. The third kappa shape index (κ3) is 5.21. The molecular weight excluding hydrogens is 546 g/mol. The maximum atomic E-state index is 13.5. The van der Waals surface area contributed by atoms with Crippen LogP contribution in [-0.4, -0.2) is 92.2 Å². The normalized spacial score (nSPS) is 19.4. The first kappa shape index (κ1) is 26.8. The fourth-order valence-electron chi connectivity index (χ4n) is 4.75. The molecule has 0 spiro atoms. The molecule has 2 aliphatic heterocycles. The minimum Gasteiger partial charge on any atom is -0.357 e. The number of nitrogens with one attached hydrogen (secondary N) is 1. The van der Waals surface area contributed by atoms with Gasteiger partial charge in [-0.05, 0) is 54.1 Å². The number of halogens is 1. The molecule has 2 aromatic carbocycles. The summed E-state index contributed by atoms with van der Waals surface area (Å²) in [6, 6.07) is 9.11. The van der Waals surface area contributed by atoms with E-state index in [0.29, 0.717) is 10.0 Å². The Morgan fingerprint density at radius 1 is 1.11 bits per heavy atom. The van der Waals surface area contributed by atoms with Crippen molar-refractivity contribution in [3.05, 3.63) is 63.6 Å². The highest BCUT2D eigenvalue weighted by Gasteiger charge is 2.40. The summed E-state index contributed by atoms with van der Waals surface area (Å²) in [6.45, 7) is 1.77. The average molecular weight is 574 g/mol. The molecular formula is C26H28ClN5O4S2. The summed E-state index contributed by atoms with van der Waals surface area (Å²) < 4.78 is 28.4. The molecule has 9 nitrogen and oxygen atoms in total. The summed E-state index contributed by atoms with van der Waals surface area (Å²) in [5, 5.41) is 5.00. The lowest BCUT2D eigenvalue weighted by Gasteiger charge is -2.39. The predicted molar refractivity (Wildman–Crippen MR) is 149 cm³/mol. The van der Waals surface area contributed by atoms with Crippen molar-refractivity contribution in [2.24, 2.45) is 0 Å². The summed E-state index contributed by atoms with van der Waals surface area (Å²) in [6.07, 6.45) is 4.73. The van der Waals surface area contributed by atoms with Gasteiger partial charge in [-0.3, -0.25) is 9.59 Å². The van der Waals surface area contributed by atoms with E-state index < -0.39 is 22.0 Å². The van der Waals surface area contributed by atoms with Crippen LogP contribution in [-0.2, 0) is 14.8 Å². The number of amides is 2. The molecule has 38 heavy (non-hydrogen) atoms. The van der Waals surface area contributed by atoms with E-state index in [4.69, 9.17) is 11.6 Å². The lowest BCUT2D eigenvalue weighted by molar-refractivity contribution is -0.126. The number of hydrogen-bond donors (Lipinski definition) is 1. The highest BCUT2D eigenvalue weighted by molar-refractivity contribution is 7.89. The van der Waals surface area contributed by atoms with Crippen LogP contribution in [0.25, 0.3) is 16.3 Å². The van der Waals surface area contributed by atoms with Gasteiger partial charge in [0.05, 0.1) is 9.77 Å². The zero-order valence-corrected chi connectivity index (χ0v) is 23.4. The smallest absolute Gasteiger partial charge is 0.283 e. The molecule has 1 N–H and O–H groups in total. The van der Waals surface area contributed by atoms with Crippen LogP contribution in [0.15, 0.2) is 53.6 Å². The molecule has 0 aliphatic carbocycles. The molecule has 3 heterocycles. The second-order valence-electron chi connectivity index (χ2n) is 9.42. The van der Waals surface area contributed by atoms with Gasteiger partial charge in [0.15, 0.2) is 5.01 Å². The Kier molecular flexibility index (Phi) is 7.56. The minimum atomic E-state index is -3.91. The fourth-order valence-corrected chi connectivity index (χ4v) is 7.35. The summed E-state index contributed by atoms with van der Waals surface area (Å²) in [4.78, 5) is 35.4. The summed E-state index contributed by atoms with van der Waals surface area (Å²) in [7, 11) is -0.377. The lowest BCUT2D eigenvalue weighted by Crippen LogP contribution is -2.61. The van der Waals surface area contributed by atoms with E-state index in [-0.39, 0.29) is 30.4 Å². The number of sulfonamides is 1. The van der Waals surface area contributed by atoms with Crippen molar-refractivity contribution in [1.29, 1.82) is 0 Å². The number of likely N-dealkylation sites (N-methyl/N-ethyl adjacent to an activating group) is 2. The van der Waals surface area contributed by atoms with Crippen molar-refractivity contribution in [3.63, 3.8) is 0 Å². The van der Waals surface area contributed by atoms with Gasteiger partial charge in [-0.1, -0.05) is 29.8 Å². The molecule has 0 bridgehead atoms. The number of rotatable bonds is 5. The van der Waals surface area contributed by atoms with Crippen molar-refractivity contribution in [2.75, 3.05) is 46.8 Å². The Morgan fingerprint density at radius 2 is 1.87 bits per heavy atom. The zero-order chi connectivity index (χ0) is 27.0. The van der Waals surface area contributed by atoms with Gasteiger partial charge in [0, 0.05) is 51.0 Å². The lowest BCUT2D eigenvalue weighted by atomic mass is 10.1. The third-order valence-corrected chi connectivity index (χ3v) is 10.1. The third-order valence-electron chi connectivity index (χ3n) is 6.98. The predicted octanol–water partition coefficient (Wildman–Crippen LogP) is 2.93. The van der Waals surface area contributed by atoms with Crippen molar-refractivity contribution >= 4 is 61.1 Å². The number of carbonyl (C=O) groups is 2. The van der Waals surface area contributed by atoms with Gasteiger partial charge in [-0.15, -0.1) is 11.3 Å². The number of hydrogen-bond acceptors (Lipinski definition) is 7. The van der Waals surface area contributed by atoms with Crippen LogP contribution in [0.4, 0.5) is 0 Å². The van der Waals surface area contributed by atoms with Crippen molar-refractivity contribution in [2.45, 2.75) is 17.4 Å². The molecule has 200 valence electrons. The van der Waals surface area contributed by atoms with Crippen LogP contribution in [0.1, 0.15) is 21.1 Å². The van der Waals surface area contributed by atoms with Gasteiger partial charge in [-0.2, -0.15) is 4.31 Å². The molecule has 0 saturated carbocycles. The van der Waals surface area contributed by atoms with E-state index in [0.717, 1.165) is 40.7 Å². The van der Waals surface area contributed by atoms with Crippen molar-refractivity contribution in [1.82, 2.24) is 24.4 Å². The van der Waals surface area contributed by atoms with E-state index in [1.807, 2.05) is 0 Å². The Labute approximate surface area is 230 Å². The topological polar surface area (TPSA) is 103 Å². The van der Waals surface area contributed by atoms with Gasteiger partial charge in [-0.25, -0.2) is 13.4 Å². The molecule has 5 rings (SSSR count). The van der Waals surface area contributed by atoms with Crippen molar-refractivity contribution < 1.29 is 18.0 Å². The zero-order valence-electron chi connectivity index (χ0n) is 21.1. The summed E-state index contributed by atoms with van der Waals surface area (Å²) in [5.41, 5.74) is 1.16. The number of piperazine rings is 1. The van der Waals surface area contributed by atoms with Gasteiger partial charge >= 0.3 is 0 Å². The molecule has 1 fully saturated rings. The quantitative estimate of drug-likeness (QED) is 0.503. The molecule has 1 saturated heterocycles. The average Bonchev–Trinajstić information content (AvgIpc) is 3.42. The fraction of sp³-hybridized carbons (Fsp3) is 0.346. The highest BCUT2D eigenvalue weighted by atomic mass is 35.5. The van der Waals surface area contributed by atoms with Crippen LogP contribution >= 0.6 is 22.9 Å². The second-order valence-corrected chi connectivity index (χ2v) is 12.8. The maximum absolute atomic E-state index is 13.5. The standard InChI is InChI=1S/C26H28ClN5O4S2/c1-28-24(33)22-16-31(38(35,36)21-6-4-18-13-20(27)5-3-19(18)14-21)11-12-32(22)26(34)25-29-15-23(37-25)17-7-9-30(2)10-8-17/h3-7,13-15,22H,8-12,16H2,1-2H3,(H,28,33). The molecule has 1 atom stereocenters. The van der Waals surface area contributed by atoms with Crippen LogP contribution in [0.2, 0.25) is 5.02 Å². The van der Waals surface area contributed by atoms with E-state index in [1.165, 1.54) is 33.7 Å². The minimum absolute atomic E-state index is 0.0654. The SMILES string of the molecule is CNC(=O)C1CN(S(=O)(=O)c2ccc3cc(Cl)ccc3c2)CCN1C(=O)c1ncc(C2=CCN(C)CC2)s1. The first-order valence-corrected chi connectivity index (χ1v) is 14.9. The van der Waals surface area contributed by atoms with E-state index in [1.54, 1.807) is 36.5 Å². The summed E-state index contributed by atoms with van der Waals surface area (Å²) >= 11 is 7.36. The number of thiazole rings is 1. The number of benzene rings is 2. The van der Waals surface area contributed by atoms with Crippen LogP contribution in [0, 0.1) is 0 Å². The van der Waals surface area contributed by atoms with Gasteiger partial charge in [0.25, 0.3) is 5.91 Å². The molecule has 3 aromatic rings. The molecule has 2 aliphatic rings. The Balaban J connectivity index is 1.37. The Bertz CT molecular complexity index is 1540. The first-order chi connectivity index (χ1) is 18.2. The Hall–Kier alpha value is -2.83.